The number of thioether (sulfide) groups is 1. The molecular weight excluding hydrogens is 502 g/mol. The first-order valence-electron chi connectivity index (χ1n) is 12.5. The second-order valence-electron chi connectivity index (χ2n) is 9.52. The van der Waals surface area contributed by atoms with Crippen LogP contribution in [-0.2, 0) is 12.3 Å². The Balaban J connectivity index is 1.53. The lowest BCUT2D eigenvalue weighted by Crippen LogP contribution is -2.23. The minimum Gasteiger partial charge on any atom is -0.481 e. The number of aromatic nitrogens is 2. The molecule has 2 heterocycles. The molecule has 4 aromatic rings. The van der Waals surface area contributed by atoms with Crippen LogP contribution in [0, 0.1) is 11.6 Å². The van der Waals surface area contributed by atoms with Gasteiger partial charge in [-0.15, -0.1) is 11.8 Å². The maximum absolute atomic E-state index is 15.5. The summed E-state index contributed by atoms with van der Waals surface area (Å²) in [6.07, 6.45) is 6.84. The van der Waals surface area contributed by atoms with Crippen molar-refractivity contribution in [1.82, 2.24) is 9.97 Å². The summed E-state index contributed by atoms with van der Waals surface area (Å²) in [7, 11) is 5.42. The zero-order valence-corrected chi connectivity index (χ0v) is 22.6. The molecule has 0 unspecified atom stereocenters. The molecule has 38 heavy (non-hydrogen) atoms. The first-order chi connectivity index (χ1) is 18.4. The van der Waals surface area contributed by atoms with Crippen LogP contribution in [-0.4, -0.2) is 31.2 Å². The van der Waals surface area contributed by atoms with Gasteiger partial charge >= 0.3 is 0 Å². The van der Waals surface area contributed by atoms with E-state index in [-0.39, 0.29) is 12.1 Å². The third-order valence-electron chi connectivity index (χ3n) is 6.66. The number of halogens is 2. The summed E-state index contributed by atoms with van der Waals surface area (Å²) in [6.45, 7) is 0.0385. The largest absolute Gasteiger partial charge is 0.481 e. The van der Waals surface area contributed by atoms with Crippen LogP contribution in [0.1, 0.15) is 30.4 Å². The second-order valence-corrected chi connectivity index (χ2v) is 10.6. The molecule has 0 N–H and O–H groups in total. The number of nitrogens with zero attached hydrogens (tertiary/aromatic N) is 4. The van der Waals surface area contributed by atoms with E-state index in [4.69, 9.17) is 4.74 Å². The minimum atomic E-state index is -0.554. The highest BCUT2D eigenvalue weighted by Gasteiger charge is 2.23. The van der Waals surface area contributed by atoms with Gasteiger partial charge in [-0.2, -0.15) is 4.98 Å². The van der Waals surface area contributed by atoms with E-state index in [1.807, 2.05) is 66.5 Å². The molecule has 0 atom stereocenters. The van der Waals surface area contributed by atoms with E-state index < -0.39 is 11.6 Å². The molecule has 0 aliphatic heterocycles. The fraction of sp³-hybridized carbons (Fsp3) is 0.267. The van der Waals surface area contributed by atoms with E-state index in [1.54, 1.807) is 19.4 Å². The Morgan fingerprint density at radius 3 is 2.39 bits per heavy atom. The van der Waals surface area contributed by atoms with Crippen molar-refractivity contribution >= 4 is 34.2 Å². The van der Waals surface area contributed by atoms with Crippen LogP contribution in [0.4, 0.5) is 20.2 Å². The van der Waals surface area contributed by atoms with Gasteiger partial charge in [0, 0.05) is 48.0 Å². The summed E-state index contributed by atoms with van der Waals surface area (Å²) in [5.41, 5.74) is 4.52. The van der Waals surface area contributed by atoms with Crippen LogP contribution in [0.3, 0.4) is 0 Å². The van der Waals surface area contributed by atoms with Crippen LogP contribution >= 0.6 is 11.8 Å². The smallest absolute Gasteiger partial charge is 0.215 e. The molecule has 0 bridgehead atoms. The number of anilines is 2. The number of pyridine rings is 2. The second kappa shape index (κ2) is 11.4. The van der Waals surface area contributed by atoms with Gasteiger partial charge in [-0.05, 0) is 43.0 Å². The molecular formula is C30H30F2N4OS. The van der Waals surface area contributed by atoms with E-state index in [0.29, 0.717) is 22.2 Å². The van der Waals surface area contributed by atoms with Gasteiger partial charge in [0.2, 0.25) is 5.88 Å². The molecule has 5 nitrogen and oxygen atoms in total. The molecule has 1 fully saturated rings. The predicted molar refractivity (Wildman–Crippen MR) is 151 cm³/mol. The standard InChI is InChI=1S/C30H30F2N4OS/c1-35(2)27-16-33-30-23(12-13-28(34-30)37-3)29(27)36(17-20-10-7-11-20)18-24-25(31)14-22(15-26(24)32)38-19-21-8-5-4-6-9-21/h4-6,8-9,12-17H,7,10-11,18-19H2,1-3H3. The molecule has 2 aromatic heterocycles. The maximum atomic E-state index is 15.5. The van der Waals surface area contributed by atoms with Crippen molar-refractivity contribution in [2.24, 2.45) is 0 Å². The van der Waals surface area contributed by atoms with Gasteiger partial charge in [0.05, 0.1) is 31.2 Å². The quantitative estimate of drug-likeness (QED) is 0.210. The Morgan fingerprint density at radius 1 is 1.03 bits per heavy atom. The topological polar surface area (TPSA) is 41.5 Å². The maximum Gasteiger partial charge on any atom is 0.215 e. The summed E-state index contributed by atoms with van der Waals surface area (Å²) in [6, 6.07) is 16.4. The normalized spacial score (nSPS) is 12.8. The average molecular weight is 533 g/mol. The predicted octanol–water partition coefficient (Wildman–Crippen LogP) is 7.35. The Bertz CT molecular complexity index is 1450. The van der Waals surface area contributed by atoms with Crippen molar-refractivity contribution in [3.8, 4) is 5.88 Å². The summed E-state index contributed by atoms with van der Waals surface area (Å²) < 4.78 is 36.2. The van der Waals surface area contributed by atoms with Crippen LogP contribution in [0.2, 0.25) is 0 Å². The van der Waals surface area contributed by atoms with Crippen LogP contribution < -0.4 is 14.5 Å². The number of hydrogen-bond acceptors (Lipinski definition) is 6. The average Bonchev–Trinajstić information content (AvgIpc) is 2.89. The van der Waals surface area contributed by atoms with Crippen molar-refractivity contribution in [3.63, 3.8) is 0 Å². The van der Waals surface area contributed by atoms with Gasteiger partial charge in [0.1, 0.15) is 11.6 Å². The SMILES string of the molecule is COc1ccc2c(N(C=C3CCC3)Cc3c(F)cc(SCc4ccccc4)cc3F)c(N(C)C)cnc2n1. The van der Waals surface area contributed by atoms with Crippen molar-refractivity contribution in [2.45, 2.75) is 36.5 Å². The Morgan fingerprint density at radius 2 is 1.76 bits per heavy atom. The molecule has 0 saturated heterocycles. The molecule has 0 spiro atoms. The number of benzene rings is 2. The zero-order chi connectivity index (χ0) is 26.6. The lowest BCUT2D eigenvalue weighted by atomic mass is 9.93. The fourth-order valence-electron chi connectivity index (χ4n) is 4.42. The summed E-state index contributed by atoms with van der Waals surface area (Å²) in [5.74, 6) is -0.00875. The third-order valence-corrected chi connectivity index (χ3v) is 7.71. The van der Waals surface area contributed by atoms with Crippen LogP contribution in [0.25, 0.3) is 11.0 Å². The van der Waals surface area contributed by atoms with Gasteiger partial charge in [-0.25, -0.2) is 13.8 Å². The van der Waals surface area contributed by atoms with Crippen molar-refractivity contribution in [1.29, 1.82) is 0 Å². The molecule has 8 heteroatoms. The first kappa shape index (κ1) is 26.0. The van der Waals surface area contributed by atoms with Gasteiger partial charge in [-0.3, -0.25) is 0 Å². The lowest BCUT2D eigenvalue weighted by Gasteiger charge is -2.30. The van der Waals surface area contributed by atoms with E-state index in [0.717, 1.165) is 41.6 Å². The number of ether oxygens (including phenoxy) is 1. The van der Waals surface area contributed by atoms with Gasteiger partial charge in [-0.1, -0.05) is 35.9 Å². The van der Waals surface area contributed by atoms with Gasteiger partial charge in [0.15, 0.2) is 5.65 Å². The van der Waals surface area contributed by atoms with E-state index in [2.05, 4.69) is 9.97 Å². The fourth-order valence-corrected chi connectivity index (χ4v) is 5.32. The monoisotopic (exact) mass is 532 g/mol. The minimum absolute atomic E-state index is 0.0290. The third kappa shape index (κ3) is 5.60. The van der Waals surface area contributed by atoms with Crippen molar-refractivity contribution < 1.29 is 13.5 Å². The number of hydrogen-bond donors (Lipinski definition) is 0. The Labute approximate surface area is 226 Å². The number of fused-ring (bicyclic) bond motifs is 1. The molecule has 0 radical (unpaired) electrons. The van der Waals surface area contributed by atoms with E-state index >= 15 is 8.78 Å². The van der Waals surface area contributed by atoms with Gasteiger partial charge < -0.3 is 14.5 Å². The number of rotatable bonds is 9. The van der Waals surface area contributed by atoms with Crippen LogP contribution in [0.15, 0.2) is 77.5 Å². The van der Waals surface area contributed by atoms with Gasteiger partial charge in [0.25, 0.3) is 0 Å². The zero-order valence-electron chi connectivity index (χ0n) is 21.7. The highest BCUT2D eigenvalue weighted by molar-refractivity contribution is 7.98. The Hall–Kier alpha value is -3.65. The highest BCUT2D eigenvalue weighted by Crippen LogP contribution is 2.39. The molecule has 1 saturated carbocycles. The van der Waals surface area contributed by atoms with E-state index in [1.165, 1.54) is 29.5 Å². The molecule has 1 aliphatic rings. The summed E-state index contributed by atoms with van der Waals surface area (Å²) in [5, 5.41) is 0.782. The molecule has 5 rings (SSSR count). The first-order valence-corrected chi connectivity index (χ1v) is 13.5. The van der Waals surface area contributed by atoms with E-state index in [9.17, 15) is 0 Å². The molecule has 196 valence electrons. The van der Waals surface area contributed by atoms with Crippen molar-refractivity contribution in [3.05, 3.63) is 95.3 Å². The molecule has 2 aromatic carbocycles. The summed E-state index contributed by atoms with van der Waals surface area (Å²) >= 11 is 1.42. The summed E-state index contributed by atoms with van der Waals surface area (Å²) in [4.78, 5) is 13.5. The lowest BCUT2D eigenvalue weighted by molar-refractivity contribution is 0.399. The Kier molecular flexibility index (Phi) is 7.79. The molecule has 0 amide bonds. The highest BCUT2D eigenvalue weighted by atomic mass is 32.2. The van der Waals surface area contributed by atoms with Crippen molar-refractivity contribution in [2.75, 3.05) is 31.0 Å². The number of allylic oxidation sites excluding steroid dienone is 1. The number of methoxy groups -OCH3 is 1. The molecule has 1 aliphatic carbocycles. The van der Waals surface area contributed by atoms with Crippen LogP contribution in [0.5, 0.6) is 5.88 Å².